The number of nitrogens with zero attached hydrogens (tertiary/aromatic N) is 6. The zero-order valence-electron chi connectivity index (χ0n) is 19.9. The topological polar surface area (TPSA) is 118 Å². The maximum Gasteiger partial charge on any atom is 0.325 e. The summed E-state index contributed by atoms with van der Waals surface area (Å²) in [4.78, 5) is 24.1. The molecule has 0 unspecified atom stereocenters. The molecule has 4 aromatic rings. The first-order valence-corrected chi connectivity index (χ1v) is 12.9. The standard InChI is InChI=1S/C25H32N8O2/c34-25-27-22-15-18-14-20(7-8-21(18)26-24(22)28-25)35-13-3-6-23-29-30-31-33(23)19-9-11-32(12-10-19)16-17-4-1-2-5-17/h7-8,14-15,17,19H,1-6,9-13,16H2,(H2,26,27,28,34). The van der Waals surface area contributed by atoms with Gasteiger partial charge in [0.1, 0.15) is 5.75 Å². The summed E-state index contributed by atoms with van der Waals surface area (Å²) in [5, 5.41) is 13.5. The van der Waals surface area contributed by atoms with Gasteiger partial charge in [-0.25, -0.2) is 14.5 Å². The lowest BCUT2D eigenvalue weighted by Gasteiger charge is -2.33. The molecule has 0 spiro atoms. The molecule has 1 aliphatic carbocycles. The van der Waals surface area contributed by atoms with Crippen molar-refractivity contribution in [3.63, 3.8) is 0 Å². The number of aromatic nitrogens is 7. The molecule has 35 heavy (non-hydrogen) atoms. The number of H-pyrrole nitrogens is 2. The summed E-state index contributed by atoms with van der Waals surface area (Å²) in [6, 6.07) is 8.08. The lowest BCUT2D eigenvalue weighted by molar-refractivity contribution is 0.155. The minimum atomic E-state index is -0.253. The predicted molar refractivity (Wildman–Crippen MR) is 133 cm³/mol. The number of aryl methyl sites for hydroxylation is 1. The zero-order chi connectivity index (χ0) is 23.6. The van der Waals surface area contributed by atoms with E-state index in [0.29, 0.717) is 23.8 Å². The van der Waals surface area contributed by atoms with Gasteiger partial charge in [0, 0.05) is 31.4 Å². The van der Waals surface area contributed by atoms with Gasteiger partial charge in [-0.2, -0.15) is 0 Å². The Hall–Kier alpha value is -3.27. The van der Waals surface area contributed by atoms with Crippen LogP contribution in [0.15, 0.2) is 29.1 Å². The summed E-state index contributed by atoms with van der Waals surface area (Å²) in [5.41, 5.74) is 1.81. The molecule has 2 fully saturated rings. The summed E-state index contributed by atoms with van der Waals surface area (Å²) < 4.78 is 8.05. The van der Waals surface area contributed by atoms with Crippen molar-refractivity contribution in [1.82, 2.24) is 40.1 Å². The minimum absolute atomic E-state index is 0.253. The maximum atomic E-state index is 11.5. The number of pyridine rings is 1. The second-order valence-electron chi connectivity index (χ2n) is 9.99. The molecule has 2 N–H and O–H groups in total. The van der Waals surface area contributed by atoms with E-state index in [2.05, 4.69) is 40.1 Å². The van der Waals surface area contributed by atoms with Crippen LogP contribution in [0.2, 0.25) is 0 Å². The Morgan fingerprint density at radius 3 is 2.77 bits per heavy atom. The van der Waals surface area contributed by atoms with Crippen molar-refractivity contribution in [2.45, 2.75) is 57.4 Å². The van der Waals surface area contributed by atoms with Gasteiger partial charge in [0.25, 0.3) is 0 Å². The number of tetrazole rings is 1. The number of fused-ring (bicyclic) bond motifs is 2. The molecule has 3 aromatic heterocycles. The van der Waals surface area contributed by atoms with E-state index < -0.39 is 0 Å². The molecule has 10 heteroatoms. The van der Waals surface area contributed by atoms with Gasteiger partial charge < -0.3 is 14.6 Å². The summed E-state index contributed by atoms with van der Waals surface area (Å²) >= 11 is 0. The fourth-order valence-corrected chi connectivity index (χ4v) is 5.68. The van der Waals surface area contributed by atoms with Gasteiger partial charge in [-0.3, -0.25) is 4.98 Å². The van der Waals surface area contributed by atoms with Gasteiger partial charge in [-0.1, -0.05) is 12.8 Å². The second kappa shape index (κ2) is 9.77. The molecule has 1 saturated heterocycles. The molecule has 1 saturated carbocycles. The van der Waals surface area contributed by atoms with E-state index in [1.165, 1.54) is 32.2 Å². The van der Waals surface area contributed by atoms with Gasteiger partial charge in [0.15, 0.2) is 11.5 Å². The van der Waals surface area contributed by atoms with Crippen LogP contribution in [0.1, 0.15) is 56.8 Å². The highest BCUT2D eigenvalue weighted by atomic mass is 16.5. The average Bonchev–Trinajstić information content (AvgIpc) is 3.62. The van der Waals surface area contributed by atoms with Gasteiger partial charge >= 0.3 is 5.69 Å². The van der Waals surface area contributed by atoms with Crippen molar-refractivity contribution in [3.05, 3.63) is 40.6 Å². The first kappa shape index (κ1) is 22.2. The quantitative estimate of drug-likeness (QED) is 0.375. The van der Waals surface area contributed by atoms with Gasteiger partial charge in [-0.15, -0.1) is 5.10 Å². The van der Waals surface area contributed by atoms with E-state index in [4.69, 9.17) is 4.74 Å². The highest BCUT2D eigenvalue weighted by Crippen LogP contribution is 2.29. The summed E-state index contributed by atoms with van der Waals surface area (Å²) in [7, 11) is 0. The van der Waals surface area contributed by atoms with E-state index in [-0.39, 0.29) is 5.69 Å². The van der Waals surface area contributed by atoms with Crippen LogP contribution in [0.4, 0.5) is 0 Å². The summed E-state index contributed by atoms with van der Waals surface area (Å²) in [6.45, 7) is 4.13. The van der Waals surface area contributed by atoms with Crippen LogP contribution < -0.4 is 10.4 Å². The Balaban J connectivity index is 1.01. The molecule has 0 radical (unpaired) electrons. The average molecular weight is 477 g/mol. The van der Waals surface area contributed by atoms with Crippen LogP contribution in [0, 0.1) is 5.92 Å². The molecule has 1 aliphatic heterocycles. The number of benzene rings is 1. The van der Waals surface area contributed by atoms with Crippen molar-refractivity contribution in [3.8, 4) is 5.75 Å². The van der Waals surface area contributed by atoms with Crippen molar-refractivity contribution >= 4 is 22.1 Å². The first-order chi connectivity index (χ1) is 17.2. The molecule has 6 rings (SSSR count). The molecule has 4 heterocycles. The Bertz CT molecular complexity index is 1340. The predicted octanol–water partition coefficient (Wildman–Crippen LogP) is 3.23. The molecular weight excluding hydrogens is 444 g/mol. The monoisotopic (exact) mass is 476 g/mol. The van der Waals surface area contributed by atoms with Crippen molar-refractivity contribution < 1.29 is 4.74 Å². The number of piperidine rings is 1. The number of nitrogens with one attached hydrogen (secondary N) is 2. The third-order valence-electron chi connectivity index (χ3n) is 7.53. The largest absolute Gasteiger partial charge is 0.494 e. The second-order valence-corrected chi connectivity index (χ2v) is 9.99. The van der Waals surface area contributed by atoms with Crippen LogP contribution >= 0.6 is 0 Å². The number of ether oxygens (including phenoxy) is 1. The highest BCUT2D eigenvalue weighted by molar-refractivity contribution is 5.89. The summed E-state index contributed by atoms with van der Waals surface area (Å²) in [5.74, 6) is 2.64. The fourth-order valence-electron chi connectivity index (χ4n) is 5.68. The van der Waals surface area contributed by atoms with E-state index in [1.807, 2.05) is 24.3 Å². The number of likely N-dealkylation sites (tertiary alicyclic amines) is 1. The number of hydrogen-bond donors (Lipinski definition) is 2. The van der Waals surface area contributed by atoms with Crippen LogP contribution in [0.3, 0.4) is 0 Å². The third kappa shape index (κ3) is 4.93. The zero-order valence-corrected chi connectivity index (χ0v) is 19.9. The van der Waals surface area contributed by atoms with E-state index in [9.17, 15) is 4.79 Å². The van der Waals surface area contributed by atoms with Crippen molar-refractivity contribution in [2.75, 3.05) is 26.2 Å². The van der Waals surface area contributed by atoms with E-state index in [0.717, 1.165) is 67.2 Å². The molecular formula is C25H32N8O2. The first-order valence-electron chi connectivity index (χ1n) is 12.9. The molecule has 10 nitrogen and oxygen atoms in total. The Morgan fingerprint density at radius 1 is 1.06 bits per heavy atom. The molecule has 0 amide bonds. The number of hydrogen-bond acceptors (Lipinski definition) is 7. The maximum absolute atomic E-state index is 11.5. The summed E-state index contributed by atoms with van der Waals surface area (Å²) in [6.07, 6.45) is 9.50. The number of imidazole rings is 1. The normalized spacial score (nSPS) is 18.2. The van der Waals surface area contributed by atoms with Crippen molar-refractivity contribution in [2.24, 2.45) is 5.92 Å². The van der Waals surface area contributed by atoms with Crippen LogP contribution in [-0.2, 0) is 6.42 Å². The van der Waals surface area contributed by atoms with Gasteiger partial charge in [-0.05, 0) is 72.7 Å². The molecule has 2 aliphatic rings. The lowest BCUT2D eigenvalue weighted by atomic mass is 10.0. The SMILES string of the molecule is O=c1[nH]c2cc3cc(OCCCc4nnnn4C4CCN(CC5CCCC5)CC4)ccc3nc2[nH]1. The molecule has 184 valence electrons. The number of aromatic amines is 2. The Labute approximate surface area is 203 Å². The lowest BCUT2D eigenvalue weighted by Crippen LogP contribution is -2.38. The van der Waals surface area contributed by atoms with Crippen LogP contribution in [-0.4, -0.2) is 66.3 Å². The molecule has 1 aromatic carbocycles. The van der Waals surface area contributed by atoms with Gasteiger partial charge in [0.05, 0.1) is 23.7 Å². The Morgan fingerprint density at radius 2 is 1.91 bits per heavy atom. The minimum Gasteiger partial charge on any atom is -0.494 e. The van der Waals surface area contributed by atoms with E-state index in [1.54, 1.807) is 0 Å². The highest BCUT2D eigenvalue weighted by Gasteiger charge is 2.26. The van der Waals surface area contributed by atoms with Crippen molar-refractivity contribution in [1.29, 1.82) is 0 Å². The molecule has 0 atom stereocenters. The van der Waals surface area contributed by atoms with Crippen LogP contribution in [0.5, 0.6) is 5.75 Å². The van der Waals surface area contributed by atoms with E-state index >= 15 is 0 Å². The smallest absolute Gasteiger partial charge is 0.325 e. The fraction of sp³-hybridized carbons (Fsp3) is 0.560. The van der Waals surface area contributed by atoms with Crippen LogP contribution in [0.25, 0.3) is 22.1 Å². The van der Waals surface area contributed by atoms with Gasteiger partial charge in [0.2, 0.25) is 0 Å². The third-order valence-corrected chi connectivity index (χ3v) is 7.53. The Kier molecular flexibility index (Phi) is 6.20. The molecule has 0 bridgehead atoms. The number of rotatable bonds is 8.